The normalized spacial score (nSPS) is 22.8. The van der Waals surface area contributed by atoms with Crippen LogP contribution in [0, 0.1) is 23.1 Å². The van der Waals surface area contributed by atoms with Gasteiger partial charge in [-0.25, -0.2) is 9.07 Å². The van der Waals surface area contributed by atoms with E-state index in [4.69, 9.17) is 4.74 Å². The summed E-state index contributed by atoms with van der Waals surface area (Å²) in [4.78, 5) is 24.4. The third-order valence-electron chi connectivity index (χ3n) is 6.03. The molecule has 0 spiro atoms. The highest BCUT2D eigenvalue weighted by Gasteiger charge is 2.43. The summed E-state index contributed by atoms with van der Waals surface area (Å²) >= 11 is 0. The third-order valence-corrected chi connectivity index (χ3v) is 6.03. The van der Waals surface area contributed by atoms with Gasteiger partial charge in [-0.2, -0.15) is 10.4 Å². The van der Waals surface area contributed by atoms with Crippen molar-refractivity contribution in [1.29, 1.82) is 5.26 Å². The van der Waals surface area contributed by atoms with Crippen molar-refractivity contribution >= 4 is 11.8 Å². The highest BCUT2D eigenvalue weighted by atomic mass is 19.1. The number of nitrogens with zero attached hydrogens (tertiary/aromatic N) is 3. The Morgan fingerprint density at radius 1 is 1.42 bits per heavy atom. The van der Waals surface area contributed by atoms with Gasteiger partial charge in [-0.1, -0.05) is 12.1 Å². The molecule has 2 aromatic rings. The van der Waals surface area contributed by atoms with Gasteiger partial charge in [0.25, 0.3) is 5.91 Å². The van der Waals surface area contributed by atoms with Crippen molar-refractivity contribution in [2.24, 2.45) is 5.92 Å². The highest BCUT2D eigenvalue weighted by Crippen LogP contribution is 2.35. The molecule has 162 valence electrons. The number of ether oxygens (including phenoxy) is 1. The molecule has 1 aromatic carbocycles. The summed E-state index contributed by atoms with van der Waals surface area (Å²) in [5.74, 6) is -0.689. The Balaban J connectivity index is 1.41. The smallest absolute Gasteiger partial charge is 0.272 e. The molecule has 0 radical (unpaired) electrons. The van der Waals surface area contributed by atoms with E-state index < -0.39 is 11.9 Å². The molecule has 2 bridgehead atoms. The number of piperidine rings is 1. The van der Waals surface area contributed by atoms with Gasteiger partial charge in [0, 0.05) is 31.3 Å². The maximum atomic E-state index is 14.7. The fourth-order valence-corrected chi connectivity index (χ4v) is 4.45. The van der Waals surface area contributed by atoms with Crippen LogP contribution in [-0.2, 0) is 16.0 Å². The molecule has 1 amide bonds. The summed E-state index contributed by atoms with van der Waals surface area (Å²) in [5.41, 5.74) is 1.48. The Morgan fingerprint density at radius 2 is 2.26 bits per heavy atom. The second-order valence-corrected chi connectivity index (χ2v) is 8.12. The quantitative estimate of drug-likeness (QED) is 0.699. The van der Waals surface area contributed by atoms with Crippen LogP contribution in [0.1, 0.15) is 29.6 Å². The molecule has 4 rings (SSSR count). The molecule has 1 saturated carbocycles. The summed E-state index contributed by atoms with van der Waals surface area (Å²) in [6, 6.07) is 6.00. The third kappa shape index (κ3) is 4.50. The molecule has 4 atom stereocenters. The number of carbonyl (C=O) groups excluding carboxylic acids is 2. The Labute approximate surface area is 179 Å². The van der Waals surface area contributed by atoms with Gasteiger partial charge in [-0.15, -0.1) is 0 Å². The molecular weight excluding hydrogens is 401 g/mol. The molecule has 1 aromatic heterocycles. The van der Waals surface area contributed by atoms with Gasteiger partial charge in [-0.3, -0.25) is 9.59 Å². The van der Waals surface area contributed by atoms with Crippen LogP contribution in [0.3, 0.4) is 0 Å². The van der Waals surface area contributed by atoms with E-state index in [1.807, 2.05) is 0 Å². The van der Waals surface area contributed by atoms with E-state index in [2.05, 4.69) is 21.8 Å². The largest absolute Gasteiger partial charge is 0.375 e. The van der Waals surface area contributed by atoms with Crippen LogP contribution in [-0.4, -0.2) is 53.4 Å². The minimum atomic E-state index is -0.816. The number of methoxy groups -OCH3 is 1. The molecule has 0 unspecified atom stereocenters. The topological polar surface area (TPSA) is 109 Å². The lowest BCUT2D eigenvalue weighted by Gasteiger charge is -2.23. The van der Waals surface area contributed by atoms with E-state index in [0.29, 0.717) is 28.7 Å². The number of halogens is 1. The summed E-state index contributed by atoms with van der Waals surface area (Å²) in [6.45, 7) is -0.104. The average molecular weight is 425 g/mol. The Morgan fingerprint density at radius 3 is 2.90 bits per heavy atom. The number of amides is 1. The average Bonchev–Trinajstić information content (AvgIpc) is 3.51. The van der Waals surface area contributed by atoms with Crippen LogP contribution in [0.2, 0.25) is 0 Å². The van der Waals surface area contributed by atoms with E-state index in [1.54, 1.807) is 12.1 Å². The first-order valence-electron chi connectivity index (χ1n) is 10.3. The monoisotopic (exact) mass is 425 g/mol. The number of nitriles is 1. The zero-order valence-electron chi connectivity index (χ0n) is 17.2. The second-order valence-electron chi connectivity index (χ2n) is 8.12. The standard InChI is InChI=1S/C22H24FN5O3/c1-31-12-20(29)28-11-16(10-25-28)13-2-3-14(19(23)8-13)6-18(9-24)27-22(30)21-15-4-5-17(7-15)26-21/h2-3,8,10-11,15,17-18,21,26H,4-7,12H2,1H3,(H,27,30)/t15-,17+,18-,21-/m0/s1. The number of carbonyl (C=O) groups is 2. The zero-order valence-corrected chi connectivity index (χ0v) is 17.2. The predicted molar refractivity (Wildman–Crippen MR) is 109 cm³/mol. The molecule has 2 fully saturated rings. The van der Waals surface area contributed by atoms with Crippen molar-refractivity contribution in [3.8, 4) is 17.2 Å². The number of hydrogen-bond acceptors (Lipinski definition) is 6. The summed E-state index contributed by atoms with van der Waals surface area (Å²) in [5, 5.41) is 19.5. The fourth-order valence-electron chi connectivity index (χ4n) is 4.45. The molecule has 8 nitrogen and oxygen atoms in total. The van der Waals surface area contributed by atoms with Gasteiger partial charge < -0.3 is 15.4 Å². The first kappa shape index (κ1) is 21.2. The molecule has 2 aliphatic rings. The molecule has 1 aliphatic carbocycles. The number of fused-ring (bicyclic) bond motifs is 2. The summed E-state index contributed by atoms with van der Waals surface area (Å²) in [7, 11) is 1.42. The maximum absolute atomic E-state index is 14.7. The molecule has 2 N–H and O–H groups in total. The van der Waals surface area contributed by atoms with Crippen molar-refractivity contribution in [2.75, 3.05) is 13.7 Å². The zero-order chi connectivity index (χ0) is 22.0. The minimum Gasteiger partial charge on any atom is -0.375 e. The van der Waals surface area contributed by atoms with E-state index in [-0.39, 0.29) is 30.9 Å². The van der Waals surface area contributed by atoms with Crippen LogP contribution in [0.15, 0.2) is 30.6 Å². The Hall–Kier alpha value is -3.09. The molecule has 9 heteroatoms. The SMILES string of the molecule is COCC(=O)n1cc(-c2ccc(C[C@@H](C#N)NC(=O)[C@H]3N[C@@H]4CC[C@H]3C4)c(F)c2)cn1. The van der Waals surface area contributed by atoms with Crippen molar-refractivity contribution in [1.82, 2.24) is 20.4 Å². The van der Waals surface area contributed by atoms with Gasteiger partial charge in [0.15, 0.2) is 0 Å². The van der Waals surface area contributed by atoms with Crippen LogP contribution in [0.4, 0.5) is 4.39 Å². The lowest BCUT2D eigenvalue weighted by atomic mass is 9.98. The van der Waals surface area contributed by atoms with Crippen LogP contribution < -0.4 is 10.6 Å². The number of aromatic nitrogens is 2. The first-order chi connectivity index (χ1) is 15.0. The van der Waals surface area contributed by atoms with Crippen molar-refractivity contribution in [2.45, 2.75) is 43.8 Å². The second kappa shape index (κ2) is 8.96. The Bertz CT molecular complexity index is 1030. The molecule has 31 heavy (non-hydrogen) atoms. The lowest BCUT2D eigenvalue weighted by Crippen LogP contribution is -2.50. The van der Waals surface area contributed by atoms with Crippen molar-refractivity contribution in [3.63, 3.8) is 0 Å². The highest BCUT2D eigenvalue weighted by molar-refractivity contribution is 5.83. The molecule has 1 aliphatic heterocycles. The molecular formula is C22H24FN5O3. The lowest BCUT2D eigenvalue weighted by molar-refractivity contribution is -0.124. The molecule has 1 saturated heterocycles. The van der Waals surface area contributed by atoms with Crippen molar-refractivity contribution < 1.29 is 18.7 Å². The van der Waals surface area contributed by atoms with E-state index in [0.717, 1.165) is 23.9 Å². The first-order valence-corrected chi connectivity index (χ1v) is 10.3. The summed E-state index contributed by atoms with van der Waals surface area (Å²) in [6.07, 6.45) is 6.17. The number of hydrogen-bond donors (Lipinski definition) is 2. The fraction of sp³-hybridized carbons (Fsp3) is 0.455. The van der Waals surface area contributed by atoms with Crippen LogP contribution in [0.25, 0.3) is 11.1 Å². The van der Waals surface area contributed by atoms with Gasteiger partial charge >= 0.3 is 0 Å². The number of nitrogens with one attached hydrogen (secondary N) is 2. The van der Waals surface area contributed by atoms with Crippen LogP contribution >= 0.6 is 0 Å². The van der Waals surface area contributed by atoms with E-state index in [1.165, 1.54) is 25.6 Å². The van der Waals surface area contributed by atoms with E-state index in [9.17, 15) is 19.2 Å². The number of rotatable bonds is 7. The van der Waals surface area contributed by atoms with Gasteiger partial charge in [0.2, 0.25) is 5.91 Å². The van der Waals surface area contributed by atoms with Crippen LogP contribution in [0.5, 0.6) is 0 Å². The predicted octanol–water partition coefficient (Wildman–Crippen LogP) is 1.67. The minimum absolute atomic E-state index is 0.0702. The van der Waals surface area contributed by atoms with Gasteiger partial charge in [-0.05, 0) is 42.4 Å². The van der Waals surface area contributed by atoms with Crippen molar-refractivity contribution in [3.05, 3.63) is 42.0 Å². The van der Waals surface area contributed by atoms with E-state index >= 15 is 0 Å². The maximum Gasteiger partial charge on any atom is 0.272 e. The Kier molecular flexibility index (Phi) is 6.11. The molecule has 2 heterocycles. The van der Waals surface area contributed by atoms with Gasteiger partial charge in [0.1, 0.15) is 18.5 Å². The summed E-state index contributed by atoms with van der Waals surface area (Å²) < 4.78 is 20.7. The van der Waals surface area contributed by atoms with Gasteiger partial charge in [0.05, 0.1) is 18.3 Å². The number of benzene rings is 1.